The molecule has 3 aliphatic rings. The number of ether oxygens (including phenoxy) is 2. The van der Waals surface area contributed by atoms with Crippen molar-refractivity contribution in [2.24, 2.45) is 0 Å². The highest BCUT2D eigenvalue weighted by atomic mass is 16.5. The van der Waals surface area contributed by atoms with Gasteiger partial charge in [-0.25, -0.2) is 4.98 Å². The second-order valence-electron chi connectivity index (χ2n) is 7.10. The third kappa shape index (κ3) is 4.62. The van der Waals surface area contributed by atoms with E-state index in [0.717, 1.165) is 50.7 Å². The lowest BCUT2D eigenvalue weighted by Gasteiger charge is -2.28. The van der Waals surface area contributed by atoms with E-state index in [0.29, 0.717) is 31.6 Å². The summed E-state index contributed by atoms with van der Waals surface area (Å²) in [5.41, 5.74) is 0.942. The van der Waals surface area contributed by atoms with Gasteiger partial charge >= 0.3 is 0 Å². The fraction of sp³-hybridized carbons (Fsp3) is 0.722. The van der Waals surface area contributed by atoms with Gasteiger partial charge in [-0.15, -0.1) is 0 Å². The molecule has 142 valence electrons. The van der Waals surface area contributed by atoms with Crippen molar-refractivity contribution in [2.75, 3.05) is 49.7 Å². The molecule has 1 saturated carbocycles. The molecule has 0 radical (unpaired) electrons. The number of nitrogens with zero attached hydrogens (tertiary/aromatic N) is 3. The molecule has 2 saturated heterocycles. The summed E-state index contributed by atoms with van der Waals surface area (Å²) in [5, 5.41) is 6.36. The molecule has 2 N–H and O–H groups in total. The van der Waals surface area contributed by atoms with E-state index in [9.17, 15) is 4.79 Å². The molecule has 26 heavy (non-hydrogen) atoms. The van der Waals surface area contributed by atoms with Crippen LogP contribution in [0.5, 0.6) is 0 Å². The fourth-order valence-electron chi connectivity index (χ4n) is 3.25. The summed E-state index contributed by atoms with van der Waals surface area (Å²) in [6, 6.07) is 2.53. The standard InChI is InChI=1S/C18H27N5O3/c24-17(15-2-1-9-26-15)19-6-5-14-12-16(23-7-10-25-11-8-23)22-18(21-14)20-13-3-4-13/h12-13,15H,1-11H2,(H,19,24)(H,20,21,22). The Hall–Kier alpha value is -1.93. The van der Waals surface area contributed by atoms with Crippen molar-refractivity contribution in [3.63, 3.8) is 0 Å². The molecule has 3 fully saturated rings. The predicted molar refractivity (Wildman–Crippen MR) is 97.4 cm³/mol. The highest BCUT2D eigenvalue weighted by Gasteiger charge is 2.24. The van der Waals surface area contributed by atoms with Crippen LogP contribution < -0.4 is 15.5 Å². The van der Waals surface area contributed by atoms with Crippen molar-refractivity contribution in [3.8, 4) is 0 Å². The van der Waals surface area contributed by atoms with Gasteiger partial charge < -0.3 is 25.0 Å². The molecule has 0 spiro atoms. The second-order valence-corrected chi connectivity index (χ2v) is 7.10. The normalized spacial score (nSPS) is 23.1. The number of amides is 1. The number of nitrogens with one attached hydrogen (secondary N) is 2. The first-order valence-electron chi connectivity index (χ1n) is 9.64. The summed E-state index contributed by atoms with van der Waals surface area (Å²) >= 11 is 0. The first-order chi connectivity index (χ1) is 12.8. The minimum atomic E-state index is -0.281. The Kier molecular flexibility index (Phi) is 5.50. The Morgan fingerprint density at radius 3 is 2.77 bits per heavy atom. The van der Waals surface area contributed by atoms with Crippen LogP contribution in [0.1, 0.15) is 31.4 Å². The van der Waals surface area contributed by atoms with Crippen LogP contribution in [0, 0.1) is 0 Å². The molecule has 1 aromatic rings. The highest BCUT2D eigenvalue weighted by molar-refractivity contribution is 5.80. The Balaban J connectivity index is 1.39. The molecular formula is C18H27N5O3. The zero-order valence-electron chi connectivity index (χ0n) is 15.1. The number of morpholine rings is 1. The molecule has 1 amide bonds. The summed E-state index contributed by atoms with van der Waals surface area (Å²) in [6.07, 6.45) is 4.53. The van der Waals surface area contributed by atoms with Gasteiger partial charge in [-0.1, -0.05) is 0 Å². The minimum absolute atomic E-state index is 0.0127. The number of aromatic nitrogens is 2. The number of hydrogen-bond acceptors (Lipinski definition) is 7. The first kappa shape index (κ1) is 17.5. The Morgan fingerprint density at radius 1 is 1.19 bits per heavy atom. The third-order valence-corrected chi connectivity index (χ3v) is 4.91. The van der Waals surface area contributed by atoms with E-state index in [1.54, 1.807) is 0 Å². The van der Waals surface area contributed by atoms with Crippen LogP contribution in [0.15, 0.2) is 6.07 Å². The minimum Gasteiger partial charge on any atom is -0.378 e. The summed E-state index contributed by atoms with van der Waals surface area (Å²) in [7, 11) is 0. The average Bonchev–Trinajstić information content (AvgIpc) is 3.30. The lowest BCUT2D eigenvalue weighted by molar-refractivity contribution is -0.129. The molecule has 1 unspecified atom stereocenters. The van der Waals surface area contributed by atoms with Gasteiger partial charge in [0.1, 0.15) is 11.9 Å². The van der Waals surface area contributed by atoms with Crippen molar-refractivity contribution in [1.82, 2.24) is 15.3 Å². The van der Waals surface area contributed by atoms with Crippen LogP contribution in [0.4, 0.5) is 11.8 Å². The van der Waals surface area contributed by atoms with Crippen molar-refractivity contribution in [2.45, 2.75) is 44.2 Å². The van der Waals surface area contributed by atoms with E-state index in [1.165, 1.54) is 12.8 Å². The Labute approximate surface area is 153 Å². The van der Waals surface area contributed by atoms with Crippen LogP contribution >= 0.6 is 0 Å². The smallest absolute Gasteiger partial charge is 0.249 e. The van der Waals surface area contributed by atoms with Gasteiger partial charge in [0.15, 0.2) is 0 Å². The fourth-order valence-corrected chi connectivity index (χ4v) is 3.25. The summed E-state index contributed by atoms with van der Waals surface area (Å²) in [5.74, 6) is 1.62. The molecule has 8 nitrogen and oxygen atoms in total. The lowest BCUT2D eigenvalue weighted by Crippen LogP contribution is -2.37. The predicted octanol–water partition coefficient (Wildman–Crippen LogP) is 0.725. The van der Waals surface area contributed by atoms with Gasteiger partial charge in [0, 0.05) is 50.5 Å². The second kappa shape index (κ2) is 8.18. The average molecular weight is 361 g/mol. The maximum absolute atomic E-state index is 12.1. The van der Waals surface area contributed by atoms with E-state index in [2.05, 4.69) is 25.5 Å². The Bertz CT molecular complexity index is 625. The first-order valence-corrected chi connectivity index (χ1v) is 9.64. The molecule has 3 heterocycles. The van der Waals surface area contributed by atoms with Crippen LogP contribution in [0.3, 0.4) is 0 Å². The SMILES string of the molecule is O=C(NCCc1cc(N2CCOCC2)nc(NC2CC2)n1)C1CCCO1. The maximum Gasteiger partial charge on any atom is 0.249 e. The molecule has 1 atom stereocenters. The largest absolute Gasteiger partial charge is 0.378 e. The van der Waals surface area contributed by atoms with Crippen molar-refractivity contribution in [1.29, 1.82) is 0 Å². The summed E-state index contributed by atoms with van der Waals surface area (Å²) in [6.45, 7) is 4.37. The van der Waals surface area contributed by atoms with Crippen LogP contribution in [-0.4, -0.2) is 67.5 Å². The number of hydrogen-bond donors (Lipinski definition) is 2. The van der Waals surface area contributed by atoms with Gasteiger partial charge in [-0.3, -0.25) is 4.79 Å². The van der Waals surface area contributed by atoms with E-state index in [1.807, 2.05) is 6.07 Å². The lowest BCUT2D eigenvalue weighted by atomic mass is 10.2. The van der Waals surface area contributed by atoms with Crippen molar-refractivity contribution < 1.29 is 14.3 Å². The van der Waals surface area contributed by atoms with Gasteiger partial charge in [0.05, 0.1) is 13.2 Å². The van der Waals surface area contributed by atoms with Gasteiger partial charge in [-0.2, -0.15) is 4.98 Å². The highest BCUT2D eigenvalue weighted by Crippen LogP contribution is 2.24. The topological polar surface area (TPSA) is 88.6 Å². The van der Waals surface area contributed by atoms with E-state index in [-0.39, 0.29) is 12.0 Å². The third-order valence-electron chi connectivity index (χ3n) is 4.91. The van der Waals surface area contributed by atoms with Crippen LogP contribution in [0.2, 0.25) is 0 Å². The molecule has 0 bridgehead atoms. The molecular weight excluding hydrogens is 334 g/mol. The van der Waals surface area contributed by atoms with Gasteiger partial charge in [0.25, 0.3) is 0 Å². The number of anilines is 2. The molecule has 4 rings (SSSR count). The molecule has 8 heteroatoms. The van der Waals surface area contributed by atoms with Crippen molar-refractivity contribution in [3.05, 3.63) is 11.8 Å². The number of carbonyl (C=O) groups is 1. The number of carbonyl (C=O) groups excluding carboxylic acids is 1. The zero-order valence-corrected chi connectivity index (χ0v) is 15.1. The summed E-state index contributed by atoms with van der Waals surface area (Å²) < 4.78 is 10.9. The van der Waals surface area contributed by atoms with E-state index >= 15 is 0 Å². The van der Waals surface area contributed by atoms with Crippen LogP contribution in [-0.2, 0) is 20.7 Å². The van der Waals surface area contributed by atoms with Gasteiger partial charge in [-0.05, 0) is 25.7 Å². The molecule has 1 aromatic heterocycles. The van der Waals surface area contributed by atoms with Gasteiger partial charge in [0.2, 0.25) is 11.9 Å². The zero-order chi connectivity index (χ0) is 17.8. The number of rotatable bonds is 7. The Morgan fingerprint density at radius 2 is 2.04 bits per heavy atom. The monoisotopic (exact) mass is 361 g/mol. The molecule has 1 aliphatic carbocycles. The van der Waals surface area contributed by atoms with E-state index < -0.39 is 0 Å². The maximum atomic E-state index is 12.1. The molecule has 2 aliphatic heterocycles. The molecule has 0 aromatic carbocycles. The van der Waals surface area contributed by atoms with Crippen LogP contribution in [0.25, 0.3) is 0 Å². The summed E-state index contributed by atoms with van der Waals surface area (Å²) in [4.78, 5) is 23.6. The van der Waals surface area contributed by atoms with Crippen molar-refractivity contribution >= 4 is 17.7 Å². The van der Waals surface area contributed by atoms with E-state index in [4.69, 9.17) is 9.47 Å². The quantitative estimate of drug-likeness (QED) is 0.740.